The van der Waals surface area contributed by atoms with Crippen molar-refractivity contribution in [2.45, 2.75) is 38.0 Å². The molecule has 0 spiro atoms. The Bertz CT molecular complexity index is 551. The lowest BCUT2D eigenvalue weighted by molar-refractivity contribution is -0.140. The zero-order valence-corrected chi connectivity index (χ0v) is 14.7. The van der Waals surface area contributed by atoms with Gasteiger partial charge in [0.15, 0.2) is 0 Å². The third-order valence-electron chi connectivity index (χ3n) is 3.23. The maximum atomic E-state index is 12.9. The minimum atomic E-state index is -4.35. The summed E-state index contributed by atoms with van der Waals surface area (Å²) in [4.78, 5) is 15.3. The van der Waals surface area contributed by atoms with Crippen LogP contribution in [0.4, 0.5) is 19.0 Å². The molecule has 0 bridgehead atoms. The van der Waals surface area contributed by atoms with Gasteiger partial charge in [0.05, 0.1) is 5.56 Å². The molecule has 1 aliphatic heterocycles. The Hall–Kier alpha value is -1.48. The van der Waals surface area contributed by atoms with Crippen LogP contribution in [0.25, 0.3) is 0 Å². The predicted octanol–water partition coefficient (Wildman–Crippen LogP) is 3.10. The number of hydrogen-bond donors (Lipinski definition) is 2. The number of carboxylic acids is 1. The number of carboxylic acid groups (broad SMARTS) is 1. The third-order valence-corrected chi connectivity index (χ3v) is 4.10. The summed E-state index contributed by atoms with van der Waals surface area (Å²) in [6, 6.07) is 2.85. The Morgan fingerprint density at radius 3 is 2.62 bits per heavy atom. The topological polar surface area (TPSA) is 65.5 Å². The standard InChI is InChI=1S/C13H18F3N3S.C2H4O2/c1-3-20-12-10(13(14,15)16)4-5-11(18-12)19-7-6-17-8-9(19)2;1-2(3)4/h4-5,9,17H,3,6-8H2,1-2H3;1H3,(H,3,4). The minimum Gasteiger partial charge on any atom is -0.481 e. The molecule has 0 radical (unpaired) electrons. The Morgan fingerprint density at radius 2 is 2.12 bits per heavy atom. The molecule has 1 aliphatic rings. The smallest absolute Gasteiger partial charge is 0.419 e. The van der Waals surface area contributed by atoms with Crippen LogP contribution in [0.15, 0.2) is 17.2 Å². The molecule has 2 N–H and O–H groups in total. The molecule has 24 heavy (non-hydrogen) atoms. The Labute approximate surface area is 143 Å². The molecule has 1 fully saturated rings. The minimum absolute atomic E-state index is 0.0724. The number of pyridine rings is 1. The fourth-order valence-corrected chi connectivity index (χ4v) is 3.01. The summed E-state index contributed by atoms with van der Waals surface area (Å²) in [5.74, 6) is 0.361. The highest BCUT2D eigenvalue weighted by atomic mass is 32.2. The monoisotopic (exact) mass is 365 g/mol. The van der Waals surface area contributed by atoms with Gasteiger partial charge >= 0.3 is 6.18 Å². The summed E-state index contributed by atoms with van der Waals surface area (Å²) in [5, 5.41) is 10.7. The van der Waals surface area contributed by atoms with E-state index in [1.165, 1.54) is 6.07 Å². The fourth-order valence-electron chi connectivity index (χ4n) is 2.23. The number of aliphatic carboxylic acids is 1. The van der Waals surface area contributed by atoms with Crippen molar-refractivity contribution >= 4 is 23.5 Å². The highest BCUT2D eigenvalue weighted by Gasteiger charge is 2.35. The van der Waals surface area contributed by atoms with Crippen LogP contribution < -0.4 is 10.2 Å². The molecule has 9 heteroatoms. The summed E-state index contributed by atoms with van der Waals surface area (Å²) >= 11 is 1.13. The second-order valence-corrected chi connectivity index (χ2v) is 6.47. The van der Waals surface area contributed by atoms with Crippen LogP contribution in [0.3, 0.4) is 0 Å². The Kier molecular flexibility index (Phi) is 7.82. The van der Waals surface area contributed by atoms with E-state index in [1.807, 2.05) is 13.8 Å². The largest absolute Gasteiger partial charge is 0.481 e. The number of nitrogens with one attached hydrogen (secondary N) is 1. The van der Waals surface area contributed by atoms with Crippen LogP contribution in [-0.4, -0.2) is 47.5 Å². The number of aromatic nitrogens is 1. The Morgan fingerprint density at radius 1 is 1.50 bits per heavy atom. The predicted molar refractivity (Wildman–Crippen MR) is 88.6 cm³/mol. The van der Waals surface area contributed by atoms with Gasteiger partial charge in [-0.3, -0.25) is 4.79 Å². The molecular formula is C15H22F3N3O2S. The third kappa shape index (κ3) is 6.20. The zero-order valence-electron chi connectivity index (χ0n) is 13.9. The molecule has 0 aromatic carbocycles. The quantitative estimate of drug-likeness (QED) is 0.803. The molecule has 0 amide bonds. The molecule has 1 atom stereocenters. The van der Waals surface area contributed by atoms with Crippen molar-refractivity contribution in [2.75, 3.05) is 30.3 Å². The van der Waals surface area contributed by atoms with E-state index in [4.69, 9.17) is 9.90 Å². The van der Waals surface area contributed by atoms with Crippen molar-refractivity contribution in [3.63, 3.8) is 0 Å². The van der Waals surface area contributed by atoms with Gasteiger partial charge in [-0.25, -0.2) is 4.98 Å². The summed E-state index contributed by atoms with van der Waals surface area (Å²) < 4.78 is 38.8. The van der Waals surface area contributed by atoms with E-state index < -0.39 is 17.7 Å². The van der Waals surface area contributed by atoms with Crippen molar-refractivity contribution in [3.8, 4) is 0 Å². The molecule has 0 saturated carbocycles. The number of halogens is 3. The van der Waals surface area contributed by atoms with Crippen LogP contribution in [0.1, 0.15) is 26.3 Å². The van der Waals surface area contributed by atoms with Gasteiger partial charge in [-0.15, -0.1) is 11.8 Å². The second kappa shape index (κ2) is 9.12. The molecule has 2 heterocycles. The number of anilines is 1. The number of hydrogen-bond acceptors (Lipinski definition) is 5. The van der Waals surface area contributed by atoms with Crippen LogP contribution in [0, 0.1) is 0 Å². The average molecular weight is 365 g/mol. The fraction of sp³-hybridized carbons (Fsp3) is 0.600. The highest BCUT2D eigenvalue weighted by Crippen LogP contribution is 2.37. The van der Waals surface area contributed by atoms with Gasteiger partial charge in [0.2, 0.25) is 0 Å². The molecule has 1 saturated heterocycles. The van der Waals surface area contributed by atoms with E-state index in [0.29, 0.717) is 11.6 Å². The van der Waals surface area contributed by atoms with Crippen LogP contribution in [0.2, 0.25) is 0 Å². The maximum Gasteiger partial charge on any atom is 0.419 e. The van der Waals surface area contributed by atoms with E-state index in [2.05, 4.69) is 15.2 Å². The maximum absolute atomic E-state index is 12.9. The summed E-state index contributed by atoms with van der Waals surface area (Å²) in [6.07, 6.45) is -4.35. The lowest BCUT2D eigenvalue weighted by Crippen LogP contribution is -2.50. The van der Waals surface area contributed by atoms with Crippen LogP contribution in [-0.2, 0) is 11.0 Å². The molecule has 1 aromatic heterocycles. The van der Waals surface area contributed by atoms with Gasteiger partial charge < -0.3 is 15.3 Å². The molecule has 5 nitrogen and oxygen atoms in total. The molecule has 0 aliphatic carbocycles. The summed E-state index contributed by atoms with van der Waals surface area (Å²) in [5.41, 5.74) is -0.643. The first kappa shape index (κ1) is 20.6. The molecule has 1 unspecified atom stereocenters. The van der Waals surface area contributed by atoms with E-state index in [9.17, 15) is 13.2 Å². The highest BCUT2D eigenvalue weighted by molar-refractivity contribution is 7.99. The molecular weight excluding hydrogens is 343 g/mol. The second-order valence-electron chi connectivity index (χ2n) is 5.22. The lowest BCUT2D eigenvalue weighted by Gasteiger charge is -2.35. The lowest BCUT2D eigenvalue weighted by atomic mass is 10.2. The SMILES string of the molecule is CC(=O)O.CCSc1nc(N2CCNCC2C)ccc1C(F)(F)F. The zero-order chi connectivity index (χ0) is 18.3. The average Bonchev–Trinajstić information content (AvgIpc) is 2.46. The van der Waals surface area contributed by atoms with Gasteiger partial charge in [0.1, 0.15) is 10.8 Å². The van der Waals surface area contributed by atoms with E-state index in [-0.39, 0.29) is 11.1 Å². The Balaban J connectivity index is 0.000000648. The van der Waals surface area contributed by atoms with Gasteiger partial charge in [-0.05, 0) is 24.8 Å². The molecule has 136 valence electrons. The number of thioether (sulfide) groups is 1. The number of carbonyl (C=O) groups is 1. The molecule has 1 aromatic rings. The van der Waals surface area contributed by atoms with E-state index >= 15 is 0 Å². The van der Waals surface area contributed by atoms with Crippen LogP contribution >= 0.6 is 11.8 Å². The van der Waals surface area contributed by atoms with Crippen molar-refractivity contribution in [3.05, 3.63) is 17.7 Å². The summed E-state index contributed by atoms with van der Waals surface area (Å²) in [7, 11) is 0. The van der Waals surface area contributed by atoms with Gasteiger partial charge in [-0.2, -0.15) is 13.2 Å². The van der Waals surface area contributed by atoms with Gasteiger partial charge in [-0.1, -0.05) is 6.92 Å². The summed E-state index contributed by atoms with van der Waals surface area (Å²) in [6.45, 7) is 7.35. The first-order valence-electron chi connectivity index (χ1n) is 7.54. The van der Waals surface area contributed by atoms with Crippen molar-refractivity contribution in [1.29, 1.82) is 0 Å². The van der Waals surface area contributed by atoms with Crippen molar-refractivity contribution in [1.82, 2.24) is 10.3 Å². The number of nitrogens with zero attached hydrogens (tertiary/aromatic N) is 2. The number of alkyl halides is 3. The number of rotatable bonds is 3. The first-order chi connectivity index (χ1) is 11.2. The number of piperazine rings is 1. The van der Waals surface area contributed by atoms with Crippen molar-refractivity contribution in [2.24, 2.45) is 0 Å². The molecule has 2 rings (SSSR count). The first-order valence-corrected chi connectivity index (χ1v) is 8.53. The van der Waals surface area contributed by atoms with E-state index in [0.717, 1.165) is 44.4 Å². The van der Waals surface area contributed by atoms with Gasteiger partial charge in [0, 0.05) is 32.6 Å². The van der Waals surface area contributed by atoms with E-state index in [1.54, 1.807) is 0 Å². The van der Waals surface area contributed by atoms with Gasteiger partial charge in [0.25, 0.3) is 5.97 Å². The van der Waals surface area contributed by atoms with Crippen molar-refractivity contribution < 1.29 is 23.1 Å². The normalized spacial score (nSPS) is 17.9. The van der Waals surface area contributed by atoms with Crippen LogP contribution in [0.5, 0.6) is 0 Å².